The maximum atomic E-state index is 13.8. The molecule has 1 saturated carbocycles. The zero-order valence-corrected chi connectivity index (χ0v) is 24.8. The van der Waals surface area contributed by atoms with Crippen LogP contribution in [0.3, 0.4) is 0 Å². The Morgan fingerprint density at radius 3 is 2.26 bits per heavy atom. The van der Waals surface area contributed by atoms with E-state index in [1.807, 2.05) is 0 Å². The molecule has 0 aromatic heterocycles. The van der Waals surface area contributed by atoms with Crippen molar-refractivity contribution in [2.45, 2.75) is 43.8 Å². The van der Waals surface area contributed by atoms with Gasteiger partial charge in [-0.3, -0.25) is 4.79 Å². The summed E-state index contributed by atoms with van der Waals surface area (Å²) in [6.45, 7) is 1.65. The van der Waals surface area contributed by atoms with E-state index in [2.05, 4.69) is 21.2 Å². The molecule has 1 N–H and O–H groups in total. The fraction of sp³-hybridized carbons (Fsp3) is 0.400. The predicted octanol–water partition coefficient (Wildman–Crippen LogP) is 8.35. The lowest BCUT2D eigenvalue weighted by molar-refractivity contribution is -0.139. The Hall–Kier alpha value is -1.40. The lowest BCUT2D eigenvalue weighted by Gasteiger charge is -2.19. The Labute approximate surface area is 245 Å². The number of nitrogens with one attached hydrogen (secondary N) is 1. The fourth-order valence-electron chi connectivity index (χ4n) is 3.85. The van der Waals surface area contributed by atoms with Crippen molar-refractivity contribution in [3.05, 3.63) is 72.6 Å². The van der Waals surface area contributed by atoms with Gasteiger partial charge in [0.05, 0.1) is 38.1 Å². The number of hydrogen-bond acceptors (Lipinski definition) is 3. The van der Waals surface area contributed by atoms with Gasteiger partial charge in [-0.1, -0.05) is 59.9 Å². The number of benzene rings is 2. The minimum atomic E-state index is -4.67. The molecule has 3 unspecified atom stereocenters. The summed E-state index contributed by atoms with van der Waals surface area (Å²) in [5.41, 5.74) is 0.235. The molecule has 0 saturated heterocycles. The Kier molecular flexibility index (Phi) is 10.1. The van der Waals surface area contributed by atoms with Crippen LogP contribution in [0.5, 0.6) is 0 Å². The summed E-state index contributed by atoms with van der Waals surface area (Å²) in [7, 11) is -3.84. The van der Waals surface area contributed by atoms with E-state index in [9.17, 15) is 35.2 Å². The molecule has 4 nitrogen and oxygen atoms in total. The molecule has 14 heteroatoms. The van der Waals surface area contributed by atoms with Crippen LogP contribution in [0.2, 0.25) is 15.1 Å². The summed E-state index contributed by atoms with van der Waals surface area (Å²) in [6.07, 6.45) is -2.76. The summed E-state index contributed by atoms with van der Waals surface area (Å²) < 4.78 is 92.5. The monoisotopic (exact) mass is 695 g/mol. The van der Waals surface area contributed by atoms with Crippen molar-refractivity contribution in [2.24, 2.45) is 5.92 Å². The van der Waals surface area contributed by atoms with Gasteiger partial charge in [-0.25, -0.2) is 17.2 Å². The third-order valence-corrected chi connectivity index (χ3v) is 9.80. The quantitative estimate of drug-likeness (QED) is 0.201. The minimum absolute atomic E-state index is 0.0582. The van der Waals surface area contributed by atoms with Gasteiger partial charge < -0.3 is 5.32 Å². The van der Waals surface area contributed by atoms with Crippen molar-refractivity contribution in [1.29, 1.82) is 0 Å². The molecule has 214 valence electrons. The van der Waals surface area contributed by atoms with E-state index in [1.54, 1.807) is 6.92 Å². The molecule has 2 aromatic carbocycles. The normalized spacial score (nSPS) is 18.7. The Morgan fingerprint density at radius 1 is 1.18 bits per heavy atom. The number of halogens is 9. The zero-order valence-electron chi connectivity index (χ0n) is 20.1. The Bertz CT molecular complexity index is 1360. The standard InChI is InChI=1S/C25H22BrCl3F5NO3S/c1-2-16(12-39(37,38)11-15-10-24(15,30)31)35-23(36)17-5-3-13(7-19(17)26)4-6-18(25(32,33)34)14-8-20(27)22(29)21(28)9-14/h3-9,15-16,18H,2,10-12H2,1H3,(H,35,36)/b6-4+. The maximum absolute atomic E-state index is 13.8. The van der Waals surface area contributed by atoms with Gasteiger partial charge in [-0.15, -0.1) is 0 Å². The van der Waals surface area contributed by atoms with Gasteiger partial charge in [0.15, 0.2) is 9.84 Å². The van der Waals surface area contributed by atoms with E-state index in [1.165, 1.54) is 24.3 Å². The first-order valence-electron chi connectivity index (χ1n) is 11.5. The van der Waals surface area contributed by atoms with Crippen molar-refractivity contribution in [3.63, 3.8) is 0 Å². The highest BCUT2D eigenvalue weighted by molar-refractivity contribution is 9.10. The van der Waals surface area contributed by atoms with Crippen LogP contribution in [-0.4, -0.2) is 44.0 Å². The summed E-state index contributed by atoms with van der Waals surface area (Å²) in [5.74, 6) is -7.98. The van der Waals surface area contributed by atoms with E-state index in [0.717, 1.165) is 18.2 Å². The van der Waals surface area contributed by atoms with Crippen molar-refractivity contribution in [1.82, 2.24) is 5.32 Å². The van der Waals surface area contributed by atoms with E-state index in [0.29, 0.717) is 5.56 Å². The number of rotatable bonds is 10. The number of sulfone groups is 1. The van der Waals surface area contributed by atoms with Crippen LogP contribution in [0.4, 0.5) is 22.0 Å². The molecular weight excluding hydrogens is 676 g/mol. The average Bonchev–Trinajstić information content (AvgIpc) is 3.39. The lowest BCUT2D eigenvalue weighted by atomic mass is 9.97. The van der Waals surface area contributed by atoms with Gasteiger partial charge in [0.1, 0.15) is 0 Å². The van der Waals surface area contributed by atoms with Crippen molar-refractivity contribution in [3.8, 4) is 0 Å². The molecule has 0 heterocycles. The minimum Gasteiger partial charge on any atom is -0.348 e. The number of hydrogen-bond donors (Lipinski definition) is 1. The highest BCUT2D eigenvalue weighted by Crippen LogP contribution is 2.49. The molecule has 0 aliphatic heterocycles. The first-order chi connectivity index (χ1) is 17.9. The third-order valence-electron chi connectivity index (χ3n) is 6.13. The van der Waals surface area contributed by atoms with Crippen LogP contribution >= 0.6 is 50.7 Å². The van der Waals surface area contributed by atoms with E-state index < -0.39 is 63.6 Å². The number of alkyl halides is 5. The molecule has 3 rings (SSSR count). The largest absolute Gasteiger partial charge is 0.399 e. The zero-order chi connectivity index (χ0) is 29.3. The molecule has 1 aliphatic rings. The molecule has 3 atom stereocenters. The van der Waals surface area contributed by atoms with Crippen molar-refractivity contribution in [2.75, 3.05) is 11.5 Å². The van der Waals surface area contributed by atoms with E-state index >= 15 is 0 Å². The summed E-state index contributed by atoms with van der Waals surface area (Å²) >= 11 is 20.9. The summed E-state index contributed by atoms with van der Waals surface area (Å²) in [4.78, 5) is 12.8. The van der Waals surface area contributed by atoms with Crippen LogP contribution < -0.4 is 5.32 Å². The number of carbonyl (C=O) groups is 1. The molecule has 0 radical (unpaired) electrons. The highest BCUT2D eigenvalue weighted by Gasteiger charge is 2.58. The Morgan fingerprint density at radius 2 is 1.77 bits per heavy atom. The molecule has 0 spiro atoms. The van der Waals surface area contributed by atoms with Gasteiger partial charge in [-0.05, 0) is 57.7 Å². The maximum Gasteiger partial charge on any atom is 0.399 e. The molecule has 1 aliphatic carbocycles. The van der Waals surface area contributed by atoms with Gasteiger partial charge in [0.2, 0.25) is 0 Å². The highest BCUT2D eigenvalue weighted by atomic mass is 79.9. The van der Waals surface area contributed by atoms with Crippen molar-refractivity contribution < 1.29 is 35.2 Å². The molecule has 1 fully saturated rings. The van der Waals surface area contributed by atoms with Crippen molar-refractivity contribution >= 4 is 72.6 Å². The number of allylic oxidation sites excluding steroid dienone is 1. The molecule has 0 bridgehead atoms. The van der Waals surface area contributed by atoms with Crippen LogP contribution in [0.1, 0.15) is 47.2 Å². The van der Waals surface area contributed by atoms with Gasteiger partial charge >= 0.3 is 6.18 Å². The van der Waals surface area contributed by atoms with Gasteiger partial charge in [0.25, 0.3) is 11.8 Å². The lowest BCUT2D eigenvalue weighted by Crippen LogP contribution is -2.40. The number of amides is 1. The summed E-state index contributed by atoms with van der Waals surface area (Å²) in [6, 6.07) is 5.56. The Balaban J connectivity index is 1.73. The smallest absolute Gasteiger partial charge is 0.348 e. The molecule has 1 amide bonds. The summed E-state index contributed by atoms with van der Waals surface area (Å²) in [5, 5.41) is 2.28. The second-order valence-electron chi connectivity index (χ2n) is 9.23. The van der Waals surface area contributed by atoms with Gasteiger partial charge in [-0.2, -0.15) is 13.2 Å². The average molecular weight is 698 g/mol. The second-order valence-corrected chi connectivity index (χ2v) is 13.4. The molecular formula is C25H22BrCl3F5NO3S. The van der Waals surface area contributed by atoms with Crippen LogP contribution in [0.25, 0.3) is 6.08 Å². The first kappa shape index (κ1) is 32.1. The topological polar surface area (TPSA) is 63.2 Å². The third kappa shape index (κ3) is 8.55. The van der Waals surface area contributed by atoms with Crippen LogP contribution in [0.15, 0.2) is 40.9 Å². The molecule has 39 heavy (non-hydrogen) atoms. The first-order valence-corrected chi connectivity index (χ1v) is 15.3. The van der Waals surface area contributed by atoms with E-state index in [-0.39, 0.29) is 37.1 Å². The fourth-order valence-corrected chi connectivity index (χ4v) is 7.08. The van der Waals surface area contributed by atoms with Crippen LogP contribution in [0, 0.1) is 5.92 Å². The van der Waals surface area contributed by atoms with E-state index in [4.69, 9.17) is 34.8 Å². The number of carbonyl (C=O) groups excluding carboxylic acids is 1. The van der Waals surface area contributed by atoms with Gasteiger partial charge in [0, 0.05) is 22.9 Å². The predicted molar refractivity (Wildman–Crippen MR) is 147 cm³/mol. The second kappa shape index (κ2) is 12.2. The molecule has 2 aromatic rings. The van der Waals surface area contributed by atoms with Crippen LogP contribution in [-0.2, 0) is 9.84 Å². The SMILES string of the molecule is CCC(CS(=O)(=O)CC1CC1(F)F)NC(=O)c1ccc(/C=C/C(c2cc(Cl)c(Cl)c(Cl)c2)C(F)(F)F)cc1Br.